The molecule has 1 aromatic heterocycles. The zero-order valence-corrected chi connectivity index (χ0v) is 19.9. The van der Waals surface area contributed by atoms with Gasteiger partial charge < -0.3 is 0 Å². The molecule has 4 rings (SSSR count). The lowest BCUT2D eigenvalue weighted by Crippen LogP contribution is -2.32. The van der Waals surface area contributed by atoms with E-state index >= 15 is 0 Å². The fourth-order valence-corrected chi connectivity index (χ4v) is 6.64. The average Bonchev–Trinajstić information content (AvgIpc) is 2.95. The number of sulfone groups is 1. The number of carbonyl (C=O) groups is 1. The smallest absolute Gasteiger partial charge is 0.257 e. The molecule has 1 N–H and O–H groups in total. The molecule has 1 fully saturated rings. The second kappa shape index (κ2) is 8.89. The van der Waals surface area contributed by atoms with Gasteiger partial charge in [0.05, 0.1) is 20.0 Å². The van der Waals surface area contributed by atoms with Gasteiger partial charge in [0.1, 0.15) is 0 Å². The number of thiazole rings is 1. The van der Waals surface area contributed by atoms with Crippen molar-refractivity contribution < 1.29 is 21.6 Å². The van der Waals surface area contributed by atoms with E-state index in [0.717, 1.165) is 36.6 Å². The van der Waals surface area contributed by atoms with Crippen LogP contribution in [0.25, 0.3) is 10.2 Å². The molecule has 11 heteroatoms. The van der Waals surface area contributed by atoms with Crippen LogP contribution in [0.5, 0.6) is 0 Å². The van der Waals surface area contributed by atoms with Gasteiger partial charge in [0, 0.05) is 24.9 Å². The summed E-state index contributed by atoms with van der Waals surface area (Å²) < 4.78 is 51.8. The van der Waals surface area contributed by atoms with Gasteiger partial charge in [-0.2, -0.15) is 4.31 Å². The quantitative estimate of drug-likeness (QED) is 0.582. The van der Waals surface area contributed by atoms with Crippen molar-refractivity contribution in [2.75, 3.05) is 24.7 Å². The predicted octanol–water partition coefficient (Wildman–Crippen LogP) is 3.52. The number of aromatic nitrogens is 1. The van der Waals surface area contributed by atoms with Crippen molar-refractivity contribution in [3.8, 4) is 0 Å². The summed E-state index contributed by atoms with van der Waals surface area (Å²) in [7, 11) is -7.04. The highest BCUT2D eigenvalue weighted by atomic mass is 32.2. The van der Waals surface area contributed by atoms with Gasteiger partial charge in [0.2, 0.25) is 10.0 Å². The number of benzene rings is 2. The molecule has 32 heavy (non-hydrogen) atoms. The van der Waals surface area contributed by atoms with Crippen molar-refractivity contribution in [1.82, 2.24) is 9.29 Å². The lowest BCUT2D eigenvalue weighted by atomic mass is 10.2. The summed E-state index contributed by atoms with van der Waals surface area (Å²) in [6.07, 6.45) is 4.82. The van der Waals surface area contributed by atoms with Crippen molar-refractivity contribution >= 4 is 52.5 Å². The highest BCUT2D eigenvalue weighted by Crippen LogP contribution is 2.28. The van der Waals surface area contributed by atoms with E-state index in [9.17, 15) is 21.6 Å². The minimum absolute atomic E-state index is 0.0918. The number of amides is 1. The van der Waals surface area contributed by atoms with Gasteiger partial charge in [0.15, 0.2) is 15.0 Å². The molecule has 0 aliphatic carbocycles. The fraction of sp³-hybridized carbons (Fsp3) is 0.333. The molecule has 1 saturated heterocycles. The summed E-state index contributed by atoms with van der Waals surface area (Å²) in [6.45, 7) is 0.972. The summed E-state index contributed by atoms with van der Waals surface area (Å²) in [6, 6.07) is 10.6. The Hall–Kier alpha value is -2.34. The zero-order valence-electron chi connectivity index (χ0n) is 17.4. The van der Waals surface area contributed by atoms with E-state index in [4.69, 9.17) is 0 Å². The van der Waals surface area contributed by atoms with Gasteiger partial charge in [0.25, 0.3) is 5.91 Å². The van der Waals surface area contributed by atoms with Gasteiger partial charge in [-0.3, -0.25) is 10.1 Å². The maximum Gasteiger partial charge on any atom is 0.257 e. The first kappa shape index (κ1) is 22.8. The average molecular weight is 494 g/mol. The van der Waals surface area contributed by atoms with Crippen molar-refractivity contribution in [3.63, 3.8) is 0 Å². The molecule has 2 aromatic carbocycles. The predicted molar refractivity (Wildman–Crippen MR) is 124 cm³/mol. The molecular formula is C21H23N3O5S3. The van der Waals surface area contributed by atoms with Crippen LogP contribution in [0.3, 0.4) is 0 Å². The largest absolute Gasteiger partial charge is 0.298 e. The van der Waals surface area contributed by atoms with E-state index in [-0.39, 0.29) is 15.4 Å². The Morgan fingerprint density at radius 1 is 0.969 bits per heavy atom. The third-order valence-electron chi connectivity index (χ3n) is 5.31. The number of anilines is 1. The van der Waals surface area contributed by atoms with E-state index in [1.54, 1.807) is 18.2 Å². The summed E-state index contributed by atoms with van der Waals surface area (Å²) in [5, 5.41) is 2.99. The monoisotopic (exact) mass is 493 g/mol. The lowest BCUT2D eigenvalue weighted by molar-refractivity contribution is 0.102. The van der Waals surface area contributed by atoms with Crippen LogP contribution < -0.4 is 5.32 Å². The maximum atomic E-state index is 13.0. The molecule has 0 bridgehead atoms. The van der Waals surface area contributed by atoms with E-state index in [2.05, 4.69) is 10.3 Å². The van der Waals surface area contributed by atoms with E-state index in [0.29, 0.717) is 23.7 Å². The SMILES string of the molecule is CS(=O)(=O)c1ccc2sc(NC(=O)c3cccc(S(=O)(=O)N4CCCCCC4)c3)nc2c1. The molecule has 1 aliphatic heterocycles. The molecule has 0 radical (unpaired) electrons. The standard InChI is InChI=1S/C21H23N3O5S3/c1-31(26,27)16-9-10-19-18(14-16)22-21(30-19)23-20(25)15-7-6-8-17(13-15)32(28,29)24-11-4-2-3-5-12-24/h6-10,13-14H,2-5,11-12H2,1H3,(H,22,23,25). The van der Waals surface area contributed by atoms with Crippen LogP contribution in [0, 0.1) is 0 Å². The summed E-state index contributed by atoms with van der Waals surface area (Å²) in [5.74, 6) is -0.486. The first-order valence-corrected chi connectivity index (χ1v) is 14.3. The third kappa shape index (κ3) is 4.85. The first-order valence-electron chi connectivity index (χ1n) is 10.2. The summed E-state index contributed by atoms with van der Waals surface area (Å²) in [4.78, 5) is 17.3. The van der Waals surface area contributed by atoms with Crippen LogP contribution in [0.15, 0.2) is 52.3 Å². The molecular weight excluding hydrogens is 470 g/mol. The van der Waals surface area contributed by atoms with Crippen LogP contribution in [0.4, 0.5) is 5.13 Å². The number of rotatable bonds is 5. The van der Waals surface area contributed by atoms with Gasteiger partial charge in [-0.25, -0.2) is 21.8 Å². The summed E-state index contributed by atoms with van der Waals surface area (Å²) >= 11 is 1.21. The number of hydrogen-bond donors (Lipinski definition) is 1. The molecule has 0 saturated carbocycles. The van der Waals surface area contributed by atoms with E-state index < -0.39 is 25.8 Å². The Bertz CT molecular complexity index is 1370. The Balaban J connectivity index is 1.56. The Morgan fingerprint density at radius 3 is 2.38 bits per heavy atom. The number of hydrogen-bond acceptors (Lipinski definition) is 7. The van der Waals surface area contributed by atoms with Crippen LogP contribution in [-0.4, -0.2) is 51.4 Å². The number of carbonyl (C=O) groups excluding carboxylic acids is 1. The Labute approximate surface area is 191 Å². The number of nitrogens with one attached hydrogen (secondary N) is 1. The maximum absolute atomic E-state index is 13.0. The summed E-state index contributed by atoms with van der Waals surface area (Å²) in [5.41, 5.74) is 0.669. The molecule has 1 amide bonds. The molecule has 3 aromatic rings. The minimum atomic E-state index is -3.67. The molecule has 0 spiro atoms. The van der Waals surface area contributed by atoms with Gasteiger partial charge in [-0.15, -0.1) is 0 Å². The van der Waals surface area contributed by atoms with Crippen molar-refractivity contribution in [2.24, 2.45) is 0 Å². The zero-order chi connectivity index (χ0) is 22.9. The lowest BCUT2D eigenvalue weighted by Gasteiger charge is -2.20. The highest BCUT2D eigenvalue weighted by Gasteiger charge is 2.26. The van der Waals surface area contributed by atoms with Crippen molar-refractivity contribution in [1.29, 1.82) is 0 Å². The van der Waals surface area contributed by atoms with E-state index in [1.807, 2.05) is 0 Å². The van der Waals surface area contributed by atoms with Crippen LogP contribution in [0.1, 0.15) is 36.0 Å². The van der Waals surface area contributed by atoms with Crippen LogP contribution in [-0.2, 0) is 19.9 Å². The second-order valence-corrected chi connectivity index (χ2v) is 12.7. The molecule has 1 aliphatic rings. The molecule has 0 atom stereocenters. The van der Waals surface area contributed by atoms with Crippen LogP contribution >= 0.6 is 11.3 Å². The molecule has 8 nitrogen and oxygen atoms in total. The molecule has 2 heterocycles. The van der Waals surface area contributed by atoms with Gasteiger partial charge >= 0.3 is 0 Å². The number of sulfonamides is 1. The Morgan fingerprint density at radius 2 is 1.69 bits per heavy atom. The van der Waals surface area contributed by atoms with Crippen molar-refractivity contribution in [2.45, 2.75) is 35.5 Å². The third-order valence-corrected chi connectivity index (χ3v) is 9.26. The normalized spacial score (nSPS) is 16.0. The fourth-order valence-electron chi connectivity index (χ4n) is 3.59. The second-order valence-electron chi connectivity index (χ2n) is 7.72. The molecule has 0 unspecified atom stereocenters. The molecule has 170 valence electrons. The topological polar surface area (TPSA) is 114 Å². The first-order chi connectivity index (χ1) is 15.1. The number of nitrogens with zero attached hydrogens (tertiary/aromatic N) is 2. The van der Waals surface area contributed by atoms with E-state index in [1.165, 1.54) is 39.9 Å². The van der Waals surface area contributed by atoms with Gasteiger partial charge in [-0.05, 0) is 49.2 Å². The number of fused-ring (bicyclic) bond motifs is 1. The van der Waals surface area contributed by atoms with Crippen LogP contribution in [0.2, 0.25) is 0 Å². The Kier molecular flexibility index (Phi) is 6.35. The van der Waals surface area contributed by atoms with Crippen molar-refractivity contribution in [3.05, 3.63) is 48.0 Å². The minimum Gasteiger partial charge on any atom is -0.298 e. The van der Waals surface area contributed by atoms with Gasteiger partial charge in [-0.1, -0.05) is 30.2 Å². The highest BCUT2D eigenvalue weighted by molar-refractivity contribution is 7.90.